The zero-order valence-electron chi connectivity index (χ0n) is 22.8. The van der Waals surface area contributed by atoms with Crippen molar-refractivity contribution in [1.29, 1.82) is 0 Å². The highest BCUT2D eigenvalue weighted by Crippen LogP contribution is 2.23. The molecule has 0 spiro atoms. The average Bonchev–Trinajstić information content (AvgIpc) is 3.12. The van der Waals surface area contributed by atoms with E-state index in [4.69, 9.17) is 9.47 Å². The van der Waals surface area contributed by atoms with Crippen LogP contribution in [-0.4, -0.2) is 63.3 Å². The summed E-state index contributed by atoms with van der Waals surface area (Å²) in [6, 6.07) is 4.67. The van der Waals surface area contributed by atoms with Crippen LogP contribution in [0.25, 0.3) is 11.0 Å². The summed E-state index contributed by atoms with van der Waals surface area (Å²) in [5.74, 6) is 11.3. The molecular weight excluding hydrogens is 500 g/mol. The Morgan fingerprint density at radius 2 is 1.79 bits per heavy atom. The number of hydrogen-bond donors (Lipinski definition) is 1. The molecule has 3 heterocycles. The lowest BCUT2D eigenvalue weighted by atomic mass is 10.1. The van der Waals surface area contributed by atoms with Crippen LogP contribution in [0.15, 0.2) is 23.0 Å². The van der Waals surface area contributed by atoms with Gasteiger partial charge in [-0.15, -0.1) is 0 Å². The zero-order valence-corrected chi connectivity index (χ0v) is 22.8. The van der Waals surface area contributed by atoms with E-state index in [1.165, 1.54) is 9.13 Å². The molecule has 1 N–H and O–H groups in total. The fourth-order valence-electron chi connectivity index (χ4n) is 4.67. The number of benzene rings is 1. The van der Waals surface area contributed by atoms with Crippen LogP contribution in [0.1, 0.15) is 64.5 Å². The topological polar surface area (TPSA) is 112 Å². The third-order valence-electron chi connectivity index (χ3n) is 6.63. The largest absolute Gasteiger partial charge is 0.444 e. The van der Waals surface area contributed by atoms with Crippen LogP contribution < -0.4 is 11.0 Å². The molecule has 0 aliphatic carbocycles. The predicted octanol–water partition coefficient (Wildman–Crippen LogP) is 2.48. The summed E-state index contributed by atoms with van der Waals surface area (Å²) in [5, 5.41) is 2.31. The van der Waals surface area contributed by atoms with Crippen LogP contribution in [0.2, 0.25) is 0 Å². The monoisotopic (exact) mass is 534 g/mol. The second-order valence-corrected chi connectivity index (χ2v) is 10.7. The minimum absolute atomic E-state index is 0.0647. The number of aryl methyl sites for hydroxylation is 1. The van der Waals surface area contributed by atoms with Gasteiger partial charge in [0.15, 0.2) is 0 Å². The number of imidazole rings is 1. The third-order valence-corrected chi connectivity index (χ3v) is 6.63. The maximum Gasteiger partial charge on any atom is 0.410 e. The molecule has 39 heavy (non-hydrogen) atoms. The Balaban J connectivity index is 1.28. The zero-order chi connectivity index (χ0) is 28.2. The summed E-state index contributed by atoms with van der Waals surface area (Å²) >= 11 is 0. The van der Waals surface area contributed by atoms with Crippen molar-refractivity contribution in [1.82, 2.24) is 19.4 Å². The summed E-state index contributed by atoms with van der Waals surface area (Å²) in [4.78, 5) is 50.6. The van der Waals surface area contributed by atoms with E-state index >= 15 is 0 Å². The Morgan fingerprint density at radius 3 is 2.49 bits per heavy atom. The van der Waals surface area contributed by atoms with E-state index in [1.807, 2.05) is 26.8 Å². The van der Waals surface area contributed by atoms with Gasteiger partial charge in [-0.25, -0.2) is 9.59 Å². The summed E-state index contributed by atoms with van der Waals surface area (Å²) in [7, 11) is 1.65. The smallest absolute Gasteiger partial charge is 0.410 e. The van der Waals surface area contributed by atoms with Gasteiger partial charge in [0.2, 0.25) is 11.8 Å². The molecule has 1 aromatic carbocycles. The van der Waals surface area contributed by atoms with Gasteiger partial charge in [0, 0.05) is 32.1 Å². The molecule has 2 saturated heterocycles. The van der Waals surface area contributed by atoms with Crippen molar-refractivity contribution in [3.05, 3.63) is 34.2 Å². The molecule has 2 fully saturated rings. The van der Waals surface area contributed by atoms with E-state index in [9.17, 15) is 19.2 Å². The number of hydrogen-bond acceptors (Lipinski definition) is 6. The molecule has 3 amide bonds. The van der Waals surface area contributed by atoms with E-state index in [-0.39, 0.29) is 30.2 Å². The molecule has 10 nitrogen and oxygen atoms in total. The van der Waals surface area contributed by atoms with Crippen LogP contribution >= 0.6 is 0 Å². The second kappa shape index (κ2) is 11.8. The van der Waals surface area contributed by atoms with Gasteiger partial charge in [0.05, 0.1) is 23.6 Å². The number of nitrogens with zero attached hydrogens (tertiary/aromatic N) is 3. The molecule has 1 aromatic heterocycles. The molecule has 1 unspecified atom stereocenters. The summed E-state index contributed by atoms with van der Waals surface area (Å²) < 4.78 is 14.2. The Hall–Kier alpha value is -4.02. The van der Waals surface area contributed by atoms with E-state index in [2.05, 4.69) is 29.0 Å². The van der Waals surface area contributed by atoms with E-state index < -0.39 is 17.6 Å². The molecule has 2 aromatic rings. The van der Waals surface area contributed by atoms with Crippen LogP contribution in [0.4, 0.5) is 4.79 Å². The van der Waals surface area contributed by atoms with Gasteiger partial charge in [-0.1, -0.05) is 23.7 Å². The standard InChI is InChI=1S/C29H34N4O6/c1-29(2,3)39-28(37)32-16-14-21(15-17-32)38-18-8-6-5-7-9-20-10-11-22-24(19-20)31(4)27(36)33(22)23-12-13-25(34)30-26(23)35/h10-11,19,21,23H,5,12-18H2,1-4H3,(H,30,34,35). The molecular formula is C29H34N4O6. The summed E-state index contributed by atoms with van der Waals surface area (Å²) in [5.41, 5.74) is 1.20. The Labute approximate surface area is 227 Å². The fourth-order valence-corrected chi connectivity index (χ4v) is 4.67. The Bertz CT molecular complexity index is 1450. The quantitative estimate of drug-likeness (QED) is 0.478. The number of ether oxygens (including phenoxy) is 2. The van der Waals surface area contributed by atoms with Crippen LogP contribution in [0, 0.1) is 23.7 Å². The summed E-state index contributed by atoms with van der Waals surface area (Å²) in [6.45, 7) is 7.08. The van der Waals surface area contributed by atoms with Crippen molar-refractivity contribution in [2.24, 2.45) is 7.05 Å². The first-order valence-corrected chi connectivity index (χ1v) is 13.1. The molecule has 10 heteroatoms. The number of carbonyl (C=O) groups is 3. The lowest BCUT2D eigenvalue weighted by Crippen LogP contribution is -2.44. The van der Waals surface area contributed by atoms with Crippen molar-refractivity contribution < 1.29 is 23.9 Å². The number of fused-ring (bicyclic) bond motifs is 1. The van der Waals surface area contributed by atoms with Crippen LogP contribution in [0.5, 0.6) is 0 Å². The number of imide groups is 1. The van der Waals surface area contributed by atoms with Crippen molar-refractivity contribution in [2.45, 2.75) is 70.6 Å². The second-order valence-electron chi connectivity index (χ2n) is 10.7. The lowest BCUT2D eigenvalue weighted by Gasteiger charge is -2.33. The van der Waals surface area contributed by atoms with Gasteiger partial charge >= 0.3 is 11.8 Å². The normalized spacial score (nSPS) is 18.2. The molecule has 2 aliphatic rings. The van der Waals surface area contributed by atoms with Gasteiger partial charge in [0.1, 0.15) is 18.2 Å². The maximum atomic E-state index is 12.9. The Morgan fingerprint density at radius 1 is 1.05 bits per heavy atom. The van der Waals surface area contributed by atoms with Gasteiger partial charge in [0.25, 0.3) is 0 Å². The number of carbonyl (C=O) groups excluding carboxylic acids is 3. The number of likely N-dealkylation sites (tertiary alicyclic amines) is 1. The molecule has 206 valence electrons. The molecule has 2 aliphatic heterocycles. The number of amides is 3. The van der Waals surface area contributed by atoms with Gasteiger partial charge in [-0.2, -0.15) is 0 Å². The highest BCUT2D eigenvalue weighted by molar-refractivity contribution is 6.00. The number of aromatic nitrogens is 2. The lowest BCUT2D eigenvalue weighted by molar-refractivity contribution is -0.135. The predicted molar refractivity (Wildman–Crippen MR) is 145 cm³/mol. The Kier molecular flexibility index (Phi) is 8.47. The minimum atomic E-state index is -0.717. The van der Waals surface area contributed by atoms with Crippen molar-refractivity contribution in [2.75, 3.05) is 19.7 Å². The van der Waals surface area contributed by atoms with Gasteiger partial charge in [-0.05, 0) is 58.2 Å². The van der Waals surface area contributed by atoms with E-state index in [1.54, 1.807) is 24.1 Å². The molecule has 0 bridgehead atoms. The average molecular weight is 535 g/mol. The van der Waals surface area contributed by atoms with Crippen molar-refractivity contribution in [3.8, 4) is 23.7 Å². The minimum Gasteiger partial charge on any atom is -0.444 e. The molecule has 0 saturated carbocycles. The highest BCUT2D eigenvalue weighted by Gasteiger charge is 2.31. The van der Waals surface area contributed by atoms with Crippen LogP contribution in [0.3, 0.4) is 0 Å². The van der Waals surface area contributed by atoms with Gasteiger partial charge < -0.3 is 14.4 Å². The highest BCUT2D eigenvalue weighted by atomic mass is 16.6. The fraction of sp³-hybridized carbons (Fsp3) is 0.517. The first-order chi connectivity index (χ1) is 18.5. The molecule has 4 rings (SSSR count). The number of piperidine rings is 2. The van der Waals surface area contributed by atoms with Gasteiger partial charge in [-0.3, -0.25) is 24.0 Å². The van der Waals surface area contributed by atoms with Crippen molar-refractivity contribution in [3.63, 3.8) is 0 Å². The number of rotatable bonds is 3. The van der Waals surface area contributed by atoms with E-state index in [0.29, 0.717) is 43.6 Å². The first kappa shape index (κ1) is 28.0. The maximum absolute atomic E-state index is 12.9. The van der Waals surface area contributed by atoms with E-state index in [0.717, 1.165) is 18.4 Å². The van der Waals surface area contributed by atoms with Crippen LogP contribution in [-0.2, 0) is 26.1 Å². The number of nitrogens with one attached hydrogen (secondary N) is 1. The SMILES string of the molecule is Cn1c(=O)n(C2CCC(=O)NC2=O)c2ccc(C#CCC#CCOC3CCN(C(=O)OC(C)(C)C)CC3)cc21. The first-order valence-electron chi connectivity index (χ1n) is 13.1. The third kappa shape index (κ3) is 6.90. The molecule has 1 atom stereocenters. The molecule has 0 radical (unpaired) electrons. The summed E-state index contributed by atoms with van der Waals surface area (Å²) in [6.07, 6.45) is 2.13. The van der Waals surface area contributed by atoms with Crippen molar-refractivity contribution >= 4 is 28.9 Å².